The van der Waals surface area contributed by atoms with Gasteiger partial charge in [-0.2, -0.15) is 0 Å². The maximum atomic E-state index is 14.1. The summed E-state index contributed by atoms with van der Waals surface area (Å²) in [6, 6.07) is 2.11. The number of hydrogen-bond acceptors (Lipinski definition) is 28. The molecule has 22 N–H and O–H groups in total. The predicted molar refractivity (Wildman–Crippen MR) is 347 cm³/mol. The van der Waals surface area contributed by atoms with Gasteiger partial charge in [0.25, 0.3) is 11.8 Å². The lowest BCUT2D eigenvalue weighted by Gasteiger charge is -2.43. The molecular formula is C60H78N14O22S2. The molecule has 3 aromatic rings. The van der Waals surface area contributed by atoms with E-state index in [0.717, 1.165) is 21.6 Å². The van der Waals surface area contributed by atoms with Gasteiger partial charge in [0.1, 0.15) is 53.3 Å². The van der Waals surface area contributed by atoms with Crippen molar-refractivity contribution in [3.8, 4) is 23.0 Å². The van der Waals surface area contributed by atoms with Crippen LogP contribution in [-0.4, -0.2) is 240 Å². The Kier molecular flexibility index (Phi) is 27.4. The number of ether oxygens (including phenoxy) is 4. The number of methoxy groups -OCH3 is 1. The number of aromatic hydroxyl groups is 3. The highest BCUT2D eigenvalue weighted by Crippen LogP contribution is 2.52. The van der Waals surface area contributed by atoms with Crippen LogP contribution in [0.4, 0.5) is 0 Å². The normalized spacial score (nSPS) is 23.8. The molecule has 2 aliphatic carbocycles. The SMILES string of the molecule is COc1cccc2c1C(=O)c1c(O)c3c(c(O)c1C2=O)C[C@@](O)(C(=O)CO)C[C@@H]3O[C@@H]1C[C@@H](NCNC(=O)c2cc(/C=N/OCC(=O)NCCOCCNC(=O)[C@@H]3CSSC[C@H](N)C(=O)N[C@@H](CC(N)=O)C(=O)NCC(=O)N[C@@H](CCCN=C(N)N)C(=O)N3)ccc2O)[C@@H](O)[C@@H](C)O1. The molecule has 2 aliphatic heterocycles. The number of hydrogen-bond donors (Lipinski definition) is 18. The summed E-state index contributed by atoms with van der Waals surface area (Å²) in [5, 5.41) is 91.3. The van der Waals surface area contributed by atoms with E-state index >= 15 is 0 Å². The molecule has 2 heterocycles. The van der Waals surface area contributed by atoms with Crippen molar-refractivity contribution < 1.29 is 107 Å². The van der Waals surface area contributed by atoms with Gasteiger partial charge in [0.15, 0.2) is 30.4 Å². The van der Waals surface area contributed by atoms with Gasteiger partial charge in [-0.15, -0.1) is 0 Å². The molecular weight excluding hydrogens is 1330 g/mol. The van der Waals surface area contributed by atoms with Gasteiger partial charge >= 0.3 is 0 Å². The molecule has 38 heteroatoms. The number of amides is 8. The van der Waals surface area contributed by atoms with Crippen LogP contribution in [0.1, 0.15) is 104 Å². The standard InChI is InChI=1S/C60H78N14O22S2/c1-27-49(81)34(17-44(95-27)96-39-19-60(91,40(77)22-75)18-31-46(39)53(85)48-47(51(31)83)50(82)29-5-3-7-38(92-2)45(29)52(48)84)69-26-70-54(86)30-15-28(8-9-37(30)76)20-71-94-23-43(80)65-11-13-93-14-12-66-57(89)36-25-98-97-24-32(61)55(87)73-35(16-41(62)78)56(88)68-21-42(79)72-33(58(90)74-36)6-4-10-67-59(63)64/h3,5,7-9,15,20,27,32-36,39,44,49,69,75-76,81,83,85,91H,4,6,10-14,16-19,21-26,61H2,1-2H3,(H2,62,78)(H,65,80)(H,66,89)(H,68,88)(H,70,86)(H,72,79)(H,73,87)(H,74,90)(H4,63,64,67)/b71-20+/t27-,32+,33+,34-,35+,36+,39+,44-,49+,60+/m1/s1. The first-order valence-electron chi connectivity index (χ1n) is 30.5. The van der Waals surface area contributed by atoms with Crippen molar-refractivity contribution in [1.29, 1.82) is 0 Å². The first kappa shape index (κ1) is 76.1. The van der Waals surface area contributed by atoms with Crippen LogP contribution >= 0.6 is 21.6 Å². The first-order valence-corrected chi connectivity index (χ1v) is 33.0. The fourth-order valence-electron chi connectivity index (χ4n) is 10.8. The lowest BCUT2D eigenvalue weighted by molar-refractivity contribution is -0.249. The summed E-state index contributed by atoms with van der Waals surface area (Å²) in [5.74, 6) is -11.3. The minimum atomic E-state index is -2.42. The largest absolute Gasteiger partial charge is 0.507 e. The summed E-state index contributed by atoms with van der Waals surface area (Å²) in [7, 11) is 3.44. The zero-order valence-electron chi connectivity index (χ0n) is 53.0. The van der Waals surface area contributed by atoms with Crippen LogP contribution in [-0.2, 0) is 63.8 Å². The van der Waals surface area contributed by atoms with E-state index in [1.165, 1.54) is 56.6 Å². The molecule has 8 amide bonds. The number of phenolic OH excluding ortho intramolecular Hbond substituents is 3. The van der Waals surface area contributed by atoms with Gasteiger partial charge in [-0.25, -0.2) is 0 Å². The summed E-state index contributed by atoms with van der Waals surface area (Å²) >= 11 is 0. The van der Waals surface area contributed by atoms with Crippen molar-refractivity contribution >= 4 is 98.4 Å². The van der Waals surface area contributed by atoms with Gasteiger partial charge in [-0.05, 0) is 49.6 Å². The predicted octanol–water partition coefficient (Wildman–Crippen LogP) is -5.45. The molecule has 36 nitrogen and oxygen atoms in total. The number of aliphatic imine (C=N–C) groups is 1. The lowest BCUT2D eigenvalue weighted by atomic mass is 9.72. The Morgan fingerprint density at radius 1 is 0.867 bits per heavy atom. The number of nitrogens with one attached hydrogen (secondary N) is 8. The van der Waals surface area contributed by atoms with Crippen molar-refractivity contribution in [3.05, 3.63) is 80.9 Å². The number of Topliss-reactive ketones (excluding diaryl/α,β-unsaturated/α-hetero) is 1. The van der Waals surface area contributed by atoms with Crippen molar-refractivity contribution in [2.45, 2.75) is 106 Å². The smallest absolute Gasteiger partial charge is 0.260 e. The molecule has 0 radical (unpaired) electrons. The number of nitrogens with zero attached hydrogens (tertiary/aromatic N) is 2. The van der Waals surface area contributed by atoms with Gasteiger partial charge < -0.3 is 115 Å². The molecule has 0 unspecified atom stereocenters. The highest BCUT2D eigenvalue weighted by Gasteiger charge is 2.50. The number of carbonyl (C=O) groups excluding carboxylic acids is 11. The molecule has 98 heavy (non-hydrogen) atoms. The Labute approximate surface area is 566 Å². The third-order valence-electron chi connectivity index (χ3n) is 15.8. The van der Waals surface area contributed by atoms with Gasteiger partial charge in [0.2, 0.25) is 41.2 Å². The van der Waals surface area contributed by atoms with Crippen LogP contribution in [0.5, 0.6) is 23.0 Å². The third-order valence-corrected chi connectivity index (χ3v) is 18.3. The molecule has 7 rings (SSSR count). The number of oxime groups is 1. The zero-order chi connectivity index (χ0) is 71.5. The molecule has 2 saturated heterocycles. The van der Waals surface area contributed by atoms with Crippen LogP contribution in [0.25, 0.3) is 0 Å². The second kappa shape index (κ2) is 35.3. The number of rotatable bonds is 26. The maximum absolute atomic E-state index is 14.1. The van der Waals surface area contributed by atoms with Crippen molar-refractivity contribution in [1.82, 2.24) is 42.5 Å². The Morgan fingerprint density at radius 3 is 2.31 bits per heavy atom. The minimum absolute atomic E-state index is 0.00151. The molecule has 10 atom stereocenters. The van der Waals surface area contributed by atoms with Crippen LogP contribution in [0.15, 0.2) is 46.5 Å². The molecule has 0 bridgehead atoms. The fraction of sp³-hybridized carbons (Fsp3) is 0.483. The lowest BCUT2D eigenvalue weighted by Crippen LogP contribution is -2.56. The monoisotopic (exact) mass is 1410 g/mol. The highest BCUT2D eigenvalue weighted by molar-refractivity contribution is 8.76. The summed E-state index contributed by atoms with van der Waals surface area (Å²) in [4.78, 5) is 154. The van der Waals surface area contributed by atoms with Crippen LogP contribution in [0.2, 0.25) is 0 Å². The van der Waals surface area contributed by atoms with E-state index in [-0.39, 0.29) is 115 Å². The van der Waals surface area contributed by atoms with Crippen molar-refractivity contribution in [3.63, 3.8) is 0 Å². The molecule has 532 valence electrons. The van der Waals surface area contributed by atoms with E-state index in [1.807, 2.05) is 0 Å². The van der Waals surface area contributed by atoms with E-state index in [2.05, 4.69) is 52.7 Å². The second-order valence-corrected chi connectivity index (χ2v) is 25.3. The van der Waals surface area contributed by atoms with Gasteiger partial charge in [-0.3, -0.25) is 63.0 Å². The average molecular weight is 1410 g/mol. The number of benzene rings is 3. The Hall–Kier alpha value is -9.25. The summed E-state index contributed by atoms with van der Waals surface area (Å²) < 4.78 is 23.1. The number of fused-ring (bicyclic) bond motifs is 3. The maximum Gasteiger partial charge on any atom is 0.260 e. The van der Waals surface area contributed by atoms with E-state index < -0.39 is 192 Å². The van der Waals surface area contributed by atoms with E-state index in [1.54, 1.807) is 0 Å². The molecule has 4 aliphatic rings. The second-order valence-electron chi connectivity index (χ2n) is 22.8. The Bertz CT molecular complexity index is 3580. The minimum Gasteiger partial charge on any atom is -0.507 e. The third kappa shape index (κ3) is 19.7. The van der Waals surface area contributed by atoms with Crippen LogP contribution < -0.4 is 70.2 Å². The molecule has 0 aromatic heterocycles. The van der Waals surface area contributed by atoms with E-state index in [9.17, 15) is 83.4 Å². The Morgan fingerprint density at radius 2 is 1.59 bits per heavy atom. The average Bonchev–Trinajstić information content (AvgIpc) is 0.712. The summed E-state index contributed by atoms with van der Waals surface area (Å²) in [5.41, 5.74) is 17.8. The molecule has 2 fully saturated rings. The molecule has 0 saturated carbocycles. The number of primary amides is 1. The van der Waals surface area contributed by atoms with Gasteiger partial charge in [-0.1, -0.05) is 38.9 Å². The summed E-state index contributed by atoms with van der Waals surface area (Å²) in [6.07, 6.45) is -5.81. The van der Waals surface area contributed by atoms with Crippen molar-refractivity contribution in [2.75, 3.05) is 77.9 Å². The quantitative estimate of drug-likeness (QED) is 0.00530. The van der Waals surface area contributed by atoms with Gasteiger partial charge in [0, 0.05) is 73.1 Å². The van der Waals surface area contributed by atoms with E-state index in [4.69, 9.17) is 46.7 Å². The van der Waals surface area contributed by atoms with Crippen LogP contribution in [0, 0.1) is 0 Å². The number of aliphatic hydroxyl groups is 3. The number of aliphatic hydroxyl groups excluding tert-OH is 2. The van der Waals surface area contributed by atoms with Crippen LogP contribution in [0.3, 0.4) is 0 Å². The molecule has 3 aromatic carbocycles. The van der Waals surface area contributed by atoms with E-state index in [0.29, 0.717) is 0 Å². The number of guanidine groups is 1. The summed E-state index contributed by atoms with van der Waals surface area (Å²) in [6.45, 7) is -1.20. The molecule has 0 spiro atoms. The Balaban J connectivity index is 0.862. The number of phenols is 3. The number of ketones is 3. The number of nitrogens with two attached hydrogens (primary N) is 4. The van der Waals surface area contributed by atoms with Gasteiger partial charge in [0.05, 0.1) is 92.8 Å². The highest BCUT2D eigenvalue weighted by atomic mass is 33.1. The fourth-order valence-corrected chi connectivity index (χ4v) is 13.1. The first-order chi connectivity index (χ1) is 46.7. The topological polar surface area (TPSA) is 580 Å². The van der Waals surface area contributed by atoms with Crippen molar-refractivity contribution in [2.24, 2.45) is 33.1 Å². The number of carbonyl (C=O) groups is 11. The zero-order valence-corrected chi connectivity index (χ0v) is 54.6.